The van der Waals surface area contributed by atoms with Crippen LogP contribution in [0.25, 0.3) is 0 Å². The molecule has 0 saturated carbocycles. The van der Waals surface area contributed by atoms with E-state index >= 15 is 0 Å². The highest BCUT2D eigenvalue weighted by atomic mass is 32.2. The Morgan fingerprint density at radius 2 is 2.00 bits per heavy atom. The summed E-state index contributed by atoms with van der Waals surface area (Å²) in [5.74, 6) is 2.64. The van der Waals surface area contributed by atoms with E-state index in [0.29, 0.717) is 0 Å². The Morgan fingerprint density at radius 1 is 1.30 bits per heavy atom. The molecule has 1 aromatic carbocycles. The Balaban J connectivity index is 2.76. The van der Waals surface area contributed by atoms with Crippen LogP contribution in [0.4, 0.5) is 0 Å². The van der Waals surface area contributed by atoms with Crippen LogP contribution in [0.3, 0.4) is 0 Å². The second-order valence-electron chi connectivity index (χ2n) is 5.55. The Kier molecular flexibility index (Phi) is 7.72. The summed E-state index contributed by atoms with van der Waals surface area (Å²) < 4.78 is 0. The number of thioether (sulfide) groups is 1. The largest absolute Gasteiger partial charge is 0.295 e. The minimum absolute atomic E-state index is 0.557. The third kappa shape index (κ3) is 5.19. The fourth-order valence-corrected chi connectivity index (χ4v) is 3.40. The van der Waals surface area contributed by atoms with Crippen molar-refractivity contribution in [2.24, 2.45) is 5.92 Å². The predicted octanol–water partition coefficient (Wildman–Crippen LogP) is 4.18. The molecule has 0 radical (unpaired) electrons. The number of nitrogens with zero attached hydrogens (tertiary/aromatic N) is 1. The highest BCUT2D eigenvalue weighted by Gasteiger charge is 2.31. The van der Waals surface area contributed by atoms with Crippen LogP contribution in [-0.2, 0) is 5.54 Å². The third-order valence-electron chi connectivity index (χ3n) is 3.29. The van der Waals surface area contributed by atoms with Crippen LogP contribution in [0, 0.1) is 17.2 Å². The molecule has 0 bridgehead atoms. The minimum Gasteiger partial charge on any atom is -0.295 e. The molecular weight excluding hydrogens is 264 g/mol. The van der Waals surface area contributed by atoms with Crippen molar-refractivity contribution >= 4 is 11.8 Å². The number of nitrogens with one attached hydrogen (secondary N) is 1. The predicted molar refractivity (Wildman–Crippen MR) is 88.8 cm³/mol. The molecule has 0 heterocycles. The molecule has 0 saturated heterocycles. The van der Waals surface area contributed by atoms with E-state index in [2.05, 4.69) is 44.3 Å². The first-order valence-electron chi connectivity index (χ1n) is 7.44. The lowest BCUT2D eigenvalue weighted by Crippen LogP contribution is -2.44. The molecule has 1 aromatic rings. The van der Waals surface area contributed by atoms with Crippen molar-refractivity contribution < 1.29 is 0 Å². The second-order valence-corrected chi connectivity index (χ2v) is 6.65. The van der Waals surface area contributed by atoms with Gasteiger partial charge in [0.1, 0.15) is 5.54 Å². The number of hydrogen-bond donors (Lipinski definition) is 1. The standard InChI is InChI=1S/C17H26N2S/c1-4-11-19-17(13-18,14-20-12-10-15(2)3)16-8-6-5-7-9-16/h5-9,15,19H,4,10-12,14H2,1-3H3. The summed E-state index contributed by atoms with van der Waals surface area (Å²) in [6.07, 6.45) is 2.24. The van der Waals surface area contributed by atoms with Gasteiger partial charge in [-0.3, -0.25) is 5.32 Å². The van der Waals surface area contributed by atoms with Gasteiger partial charge in [-0.1, -0.05) is 51.1 Å². The average molecular weight is 290 g/mol. The molecule has 1 atom stereocenters. The zero-order valence-corrected chi connectivity index (χ0v) is 13.7. The number of nitriles is 1. The first-order valence-corrected chi connectivity index (χ1v) is 8.59. The van der Waals surface area contributed by atoms with Gasteiger partial charge >= 0.3 is 0 Å². The second kappa shape index (κ2) is 9.05. The van der Waals surface area contributed by atoms with E-state index in [1.807, 2.05) is 30.0 Å². The molecule has 20 heavy (non-hydrogen) atoms. The van der Waals surface area contributed by atoms with Crippen LogP contribution in [0.2, 0.25) is 0 Å². The van der Waals surface area contributed by atoms with Crippen molar-refractivity contribution in [1.82, 2.24) is 5.32 Å². The van der Waals surface area contributed by atoms with Crippen LogP contribution < -0.4 is 5.32 Å². The fourth-order valence-electron chi connectivity index (χ4n) is 1.98. The van der Waals surface area contributed by atoms with Crippen LogP contribution in [-0.4, -0.2) is 18.1 Å². The minimum atomic E-state index is -0.557. The van der Waals surface area contributed by atoms with Crippen LogP contribution >= 0.6 is 11.8 Å². The topological polar surface area (TPSA) is 35.8 Å². The summed E-state index contributed by atoms with van der Waals surface area (Å²) in [6.45, 7) is 7.48. The molecule has 1 rings (SSSR count). The summed E-state index contributed by atoms with van der Waals surface area (Å²) in [4.78, 5) is 0. The summed E-state index contributed by atoms with van der Waals surface area (Å²) in [5.41, 5.74) is 0.520. The Bertz CT molecular complexity index is 411. The monoisotopic (exact) mass is 290 g/mol. The molecule has 110 valence electrons. The van der Waals surface area contributed by atoms with E-state index in [1.54, 1.807) is 0 Å². The normalized spacial score (nSPS) is 13.9. The van der Waals surface area contributed by atoms with Crippen molar-refractivity contribution in [3.8, 4) is 6.07 Å². The summed E-state index contributed by atoms with van der Waals surface area (Å²) in [7, 11) is 0. The average Bonchev–Trinajstić information content (AvgIpc) is 2.48. The molecule has 3 heteroatoms. The van der Waals surface area contributed by atoms with Gasteiger partial charge in [0.05, 0.1) is 6.07 Å². The van der Waals surface area contributed by atoms with Crippen molar-refractivity contribution in [3.63, 3.8) is 0 Å². The summed E-state index contributed by atoms with van der Waals surface area (Å²) in [6, 6.07) is 12.6. The van der Waals surface area contributed by atoms with E-state index < -0.39 is 5.54 Å². The molecule has 0 spiro atoms. The van der Waals surface area contributed by atoms with Gasteiger partial charge in [0.15, 0.2) is 0 Å². The highest BCUT2D eigenvalue weighted by Crippen LogP contribution is 2.26. The maximum Gasteiger partial charge on any atom is 0.141 e. The lowest BCUT2D eigenvalue weighted by molar-refractivity contribution is 0.473. The Labute approximate surface area is 128 Å². The van der Waals surface area contributed by atoms with Gasteiger partial charge in [0.25, 0.3) is 0 Å². The lowest BCUT2D eigenvalue weighted by Gasteiger charge is -2.28. The zero-order chi connectivity index (χ0) is 14.8. The highest BCUT2D eigenvalue weighted by molar-refractivity contribution is 7.99. The van der Waals surface area contributed by atoms with Gasteiger partial charge in [0, 0.05) is 5.75 Å². The van der Waals surface area contributed by atoms with Crippen molar-refractivity contribution in [2.45, 2.75) is 39.2 Å². The van der Waals surface area contributed by atoms with E-state index in [1.165, 1.54) is 6.42 Å². The molecule has 1 unspecified atom stereocenters. The smallest absolute Gasteiger partial charge is 0.141 e. The van der Waals surface area contributed by atoms with Gasteiger partial charge in [-0.2, -0.15) is 17.0 Å². The first-order chi connectivity index (χ1) is 9.64. The maximum atomic E-state index is 9.74. The Morgan fingerprint density at radius 3 is 2.55 bits per heavy atom. The maximum absolute atomic E-state index is 9.74. The van der Waals surface area contributed by atoms with Gasteiger partial charge in [-0.25, -0.2) is 0 Å². The lowest BCUT2D eigenvalue weighted by atomic mass is 9.93. The van der Waals surface area contributed by atoms with E-state index in [4.69, 9.17) is 0 Å². The quantitative estimate of drug-likeness (QED) is 0.693. The van der Waals surface area contributed by atoms with Crippen molar-refractivity contribution in [2.75, 3.05) is 18.1 Å². The molecule has 0 aliphatic carbocycles. The molecule has 0 aliphatic heterocycles. The summed E-state index contributed by atoms with van der Waals surface area (Å²) >= 11 is 1.87. The zero-order valence-electron chi connectivity index (χ0n) is 12.9. The van der Waals surface area contributed by atoms with E-state index in [-0.39, 0.29) is 0 Å². The molecular formula is C17H26N2S. The Hall–Kier alpha value is -0.980. The van der Waals surface area contributed by atoms with Crippen molar-refractivity contribution in [3.05, 3.63) is 35.9 Å². The number of rotatable bonds is 9. The van der Waals surface area contributed by atoms with Crippen LogP contribution in [0.5, 0.6) is 0 Å². The van der Waals surface area contributed by atoms with Gasteiger partial charge in [-0.05, 0) is 36.6 Å². The first kappa shape index (κ1) is 17.1. The van der Waals surface area contributed by atoms with Crippen LogP contribution in [0.15, 0.2) is 30.3 Å². The number of benzene rings is 1. The van der Waals surface area contributed by atoms with E-state index in [9.17, 15) is 5.26 Å². The molecule has 0 aliphatic rings. The molecule has 2 nitrogen and oxygen atoms in total. The van der Waals surface area contributed by atoms with Gasteiger partial charge < -0.3 is 0 Å². The SMILES string of the molecule is CCCNC(C#N)(CSCCC(C)C)c1ccccc1. The van der Waals surface area contributed by atoms with E-state index in [0.717, 1.165) is 36.0 Å². The van der Waals surface area contributed by atoms with Gasteiger partial charge in [-0.15, -0.1) is 0 Å². The molecule has 0 aromatic heterocycles. The third-order valence-corrected chi connectivity index (χ3v) is 4.45. The number of hydrogen-bond acceptors (Lipinski definition) is 3. The molecule has 1 N–H and O–H groups in total. The fraction of sp³-hybridized carbons (Fsp3) is 0.588. The van der Waals surface area contributed by atoms with Crippen molar-refractivity contribution in [1.29, 1.82) is 5.26 Å². The van der Waals surface area contributed by atoms with Crippen LogP contribution in [0.1, 0.15) is 39.2 Å². The molecule has 0 fully saturated rings. The summed E-state index contributed by atoms with van der Waals surface area (Å²) in [5, 5.41) is 13.2. The van der Waals surface area contributed by atoms with Gasteiger partial charge in [0.2, 0.25) is 0 Å². The molecule has 0 amide bonds.